The number of aromatic nitrogens is 1. The van der Waals surface area contributed by atoms with Gasteiger partial charge in [0.2, 0.25) is 0 Å². The molecule has 6 nitrogen and oxygen atoms in total. The van der Waals surface area contributed by atoms with Crippen molar-refractivity contribution in [3.8, 4) is 0 Å². The number of aromatic amines is 1. The summed E-state index contributed by atoms with van der Waals surface area (Å²) in [5.74, 6) is -0.116. The lowest BCUT2D eigenvalue weighted by molar-refractivity contribution is 0.0954. The third kappa shape index (κ3) is 4.17. The number of amides is 3. The number of H-pyrrole nitrogens is 1. The smallest absolute Gasteiger partial charge is 0.312 e. The summed E-state index contributed by atoms with van der Waals surface area (Å²) < 4.78 is 0. The van der Waals surface area contributed by atoms with Gasteiger partial charge in [0.05, 0.1) is 0 Å². The molecule has 0 aliphatic carbocycles. The number of primary amides is 1. The Labute approximate surface area is 145 Å². The van der Waals surface area contributed by atoms with E-state index in [1.54, 1.807) is 24.3 Å². The number of hydrogen-bond acceptors (Lipinski definition) is 2. The Morgan fingerprint density at radius 3 is 2.52 bits per heavy atom. The van der Waals surface area contributed by atoms with Crippen LogP contribution in [0.1, 0.15) is 21.5 Å². The lowest BCUT2D eigenvalue weighted by Gasteiger charge is -2.06. The first kappa shape index (κ1) is 16.6. The second kappa shape index (κ2) is 7.53. The second-order valence-electron chi connectivity index (χ2n) is 5.78. The van der Waals surface area contributed by atoms with Gasteiger partial charge in [-0.15, -0.1) is 0 Å². The second-order valence-corrected chi connectivity index (χ2v) is 5.78. The van der Waals surface area contributed by atoms with Crippen LogP contribution in [-0.4, -0.2) is 23.5 Å². The highest BCUT2D eigenvalue weighted by molar-refractivity contribution is 5.94. The van der Waals surface area contributed by atoms with Gasteiger partial charge in [0.25, 0.3) is 5.91 Å². The van der Waals surface area contributed by atoms with Crippen LogP contribution >= 0.6 is 0 Å². The molecule has 0 saturated heterocycles. The lowest BCUT2D eigenvalue weighted by atomic mass is 10.1. The van der Waals surface area contributed by atoms with E-state index in [1.165, 1.54) is 10.9 Å². The summed E-state index contributed by atoms with van der Waals surface area (Å²) in [6.07, 6.45) is 2.74. The molecule has 3 aromatic rings. The number of nitrogens with one attached hydrogen (secondary N) is 3. The molecule has 1 heterocycles. The van der Waals surface area contributed by atoms with Crippen molar-refractivity contribution in [1.29, 1.82) is 0 Å². The molecule has 0 radical (unpaired) electrons. The fraction of sp³-hybridized carbons (Fsp3) is 0.158. The van der Waals surface area contributed by atoms with Crippen LogP contribution in [0.5, 0.6) is 0 Å². The normalized spacial score (nSPS) is 10.6. The monoisotopic (exact) mass is 336 g/mol. The number of rotatable bonds is 6. The van der Waals surface area contributed by atoms with Crippen molar-refractivity contribution in [2.24, 2.45) is 5.73 Å². The molecule has 0 spiro atoms. The van der Waals surface area contributed by atoms with E-state index >= 15 is 0 Å². The summed E-state index contributed by atoms with van der Waals surface area (Å²) in [6.45, 7) is 0.906. The average molecular weight is 336 g/mol. The molecule has 1 aromatic heterocycles. The molecule has 0 aliphatic rings. The van der Waals surface area contributed by atoms with Crippen molar-refractivity contribution in [2.75, 3.05) is 6.54 Å². The van der Waals surface area contributed by atoms with Gasteiger partial charge in [-0.05, 0) is 35.7 Å². The first-order valence-corrected chi connectivity index (χ1v) is 8.09. The summed E-state index contributed by atoms with van der Waals surface area (Å²) in [5, 5.41) is 6.62. The predicted molar refractivity (Wildman–Crippen MR) is 97.2 cm³/mol. The van der Waals surface area contributed by atoms with Crippen molar-refractivity contribution in [1.82, 2.24) is 15.6 Å². The van der Waals surface area contributed by atoms with Gasteiger partial charge in [0, 0.05) is 35.8 Å². The van der Waals surface area contributed by atoms with Gasteiger partial charge in [0.15, 0.2) is 0 Å². The molecule has 2 aromatic carbocycles. The van der Waals surface area contributed by atoms with Crippen molar-refractivity contribution >= 4 is 22.8 Å². The highest BCUT2D eigenvalue weighted by atomic mass is 16.2. The van der Waals surface area contributed by atoms with Crippen molar-refractivity contribution in [3.63, 3.8) is 0 Å². The highest BCUT2D eigenvalue weighted by Gasteiger charge is 2.07. The maximum atomic E-state index is 12.2. The van der Waals surface area contributed by atoms with Gasteiger partial charge in [-0.25, -0.2) is 4.79 Å². The number of carbonyl (C=O) groups is 2. The van der Waals surface area contributed by atoms with E-state index in [4.69, 9.17) is 5.73 Å². The Balaban J connectivity index is 1.53. The molecule has 3 rings (SSSR count). The van der Waals surface area contributed by atoms with E-state index in [1.807, 2.05) is 24.4 Å². The number of benzene rings is 2. The summed E-state index contributed by atoms with van der Waals surface area (Å²) in [4.78, 5) is 26.1. The Morgan fingerprint density at radius 2 is 1.76 bits per heavy atom. The molecule has 0 aliphatic heterocycles. The number of para-hydroxylation sites is 1. The molecule has 25 heavy (non-hydrogen) atoms. The van der Waals surface area contributed by atoms with Crippen LogP contribution in [0.25, 0.3) is 10.9 Å². The molecular formula is C19H20N4O2. The highest BCUT2D eigenvalue weighted by Crippen LogP contribution is 2.17. The van der Waals surface area contributed by atoms with Crippen LogP contribution in [0, 0.1) is 0 Å². The Morgan fingerprint density at radius 1 is 1.00 bits per heavy atom. The fourth-order valence-electron chi connectivity index (χ4n) is 2.71. The molecule has 0 fully saturated rings. The van der Waals surface area contributed by atoms with Gasteiger partial charge in [-0.2, -0.15) is 0 Å². The van der Waals surface area contributed by atoms with Gasteiger partial charge >= 0.3 is 6.03 Å². The minimum atomic E-state index is -0.570. The van der Waals surface area contributed by atoms with Gasteiger partial charge in [-0.1, -0.05) is 30.3 Å². The van der Waals surface area contributed by atoms with E-state index in [2.05, 4.69) is 21.7 Å². The van der Waals surface area contributed by atoms with E-state index in [0.717, 1.165) is 17.5 Å². The largest absolute Gasteiger partial charge is 0.361 e. The fourth-order valence-corrected chi connectivity index (χ4v) is 2.71. The van der Waals surface area contributed by atoms with Crippen LogP contribution in [-0.2, 0) is 13.0 Å². The van der Waals surface area contributed by atoms with Crippen LogP contribution < -0.4 is 16.4 Å². The quantitative estimate of drug-likeness (QED) is 0.555. The molecule has 3 amide bonds. The maximum absolute atomic E-state index is 12.2. The van der Waals surface area contributed by atoms with Gasteiger partial charge in [-0.3, -0.25) is 4.79 Å². The van der Waals surface area contributed by atoms with E-state index in [-0.39, 0.29) is 5.91 Å². The average Bonchev–Trinajstić information content (AvgIpc) is 3.03. The first-order chi connectivity index (χ1) is 12.1. The molecule has 0 bridgehead atoms. The third-order valence-corrected chi connectivity index (χ3v) is 4.04. The zero-order chi connectivity index (χ0) is 17.6. The molecule has 5 N–H and O–H groups in total. The van der Waals surface area contributed by atoms with E-state index in [0.29, 0.717) is 18.7 Å². The maximum Gasteiger partial charge on any atom is 0.312 e. The topological polar surface area (TPSA) is 100 Å². The number of fused-ring (bicyclic) bond motifs is 1. The summed E-state index contributed by atoms with van der Waals surface area (Å²) in [6, 6.07) is 14.6. The molecule has 6 heteroatoms. The predicted octanol–water partition coefficient (Wildman–Crippen LogP) is 2.31. The van der Waals surface area contributed by atoms with Gasteiger partial charge < -0.3 is 21.4 Å². The van der Waals surface area contributed by atoms with Crippen LogP contribution in [0.2, 0.25) is 0 Å². The van der Waals surface area contributed by atoms with E-state index < -0.39 is 6.03 Å². The van der Waals surface area contributed by atoms with Crippen molar-refractivity contribution < 1.29 is 9.59 Å². The van der Waals surface area contributed by atoms with Crippen molar-refractivity contribution in [2.45, 2.75) is 13.0 Å². The van der Waals surface area contributed by atoms with Crippen molar-refractivity contribution in [3.05, 3.63) is 71.4 Å². The Bertz CT molecular complexity index is 884. The van der Waals surface area contributed by atoms with Crippen LogP contribution in [0.3, 0.4) is 0 Å². The SMILES string of the molecule is NC(=O)NCc1ccc(C(=O)NCCc2c[nH]c3ccccc23)cc1. The minimum Gasteiger partial charge on any atom is -0.361 e. The molecule has 0 unspecified atom stereocenters. The standard InChI is InChI=1S/C19H20N4O2/c20-19(25)23-11-13-5-7-14(8-6-13)18(24)21-10-9-15-12-22-17-4-2-1-3-16(15)17/h1-8,12,22H,9-11H2,(H,21,24)(H3,20,23,25). The number of carbonyl (C=O) groups excluding carboxylic acids is 2. The summed E-state index contributed by atoms with van der Waals surface area (Å²) >= 11 is 0. The van der Waals surface area contributed by atoms with Crippen LogP contribution in [0.15, 0.2) is 54.7 Å². The first-order valence-electron chi connectivity index (χ1n) is 8.09. The Kier molecular flexibility index (Phi) is 4.99. The zero-order valence-corrected chi connectivity index (χ0v) is 13.7. The molecule has 0 saturated carbocycles. The lowest BCUT2D eigenvalue weighted by Crippen LogP contribution is -2.28. The molecule has 0 atom stereocenters. The van der Waals surface area contributed by atoms with E-state index in [9.17, 15) is 9.59 Å². The number of hydrogen-bond donors (Lipinski definition) is 4. The zero-order valence-electron chi connectivity index (χ0n) is 13.7. The number of nitrogens with two attached hydrogens (primary N) is 1. The third-order valence-electron chi connectivity index (χ3n) is 4.04. The molecular weight excluding hydrogens is 316 g/mol. The van der Waals surface area contributed by atoms with Crippen LogP contribution in [0.4, 0.5) is 4.79 Å². The summed E-state index contributed by atoms with van der Waals surface area (Å²) in [7, 11) is 0. The minimum absolute atomic E-state index is 0.116. The molecule has 128 valence electrons. The Hall–Kier alpha value is -3.28. The summed E-state index contributed by atoms with van der Waals surface area (Å²) in [5.41, 5.74) is 8.79. The van der Waals surface area contributed by atoms with Gasteiger partial charge in [0.1, 0.15) is 0 Å². The number of urea groups is 1.